The molecule has 0 aliphatic carbocycles. The number of hydrogen-bond acceptors (Lipinski definition) is 3. The number of nitrogens with zero attached hydrogens (tertiary/aromatic N) is 2. The van der Waals surface area contributed by atoms with Crippen LogP contribution < -0.4 is 4.90 Å². The summed E-state index contributed by atoms with van der Waals surface area (Å²) >= 11 is 0. The molecule has 1 aliphatic rings. The lowest BCUT2D eigenvalue weighted by atomic mass is 10.1. The molecule has 4 heteroatoms. The Morgan fingerprint density at radius 3 is 2.50 bits per heavy atom. The molecule has 3 rings (SSSR count). The van der Waals surface area contributed by atoms with Gasteiger partial charge in [-0.05, 0) is 39.1 Å². The van der Waals surface area contributed by atoms with Gasteiger partial charge in [0.25, 0.3) is 0 Å². The highest BCUT2D eigenvalue weighted by Crippen LogP contribution is 2.28. The van der Waals surface area contributed by atoms with Crippen molar-refractivity contribution in [2.75, 3.05) is 24.5 Å². The third-order valence-electron chi connectivity index (χ3n) is 4.36. The molecular formula is C20H26N2O2. The summed E-state index contributed by atoms with van der Waals surface area (Å²) in [6.07, 6.45) is -0.215. The Hall–Kier alpha value is -2.23. The second kappa shape index (κ2) is 6.34. The van der Waals surface area contributed by atoms with Crippen molar-refractivity contribution in [3.63, 3.8) is 0 Å². The quantitative estimate of drug-likeness (QED) is 0.784. The highest BCUT2D eigenvalue weighted by atomic mass is 16.6. The number of rotatable bonds is 1. The van der Waals surface area contributed by atoms with Crippen LogP contribution in [-0.2, 0) is 4.74 Å². The Morgan fingerprint density at radius 2 is 1.79 bits per heavy atom. The largest absolute Gasteiger partial charge is 0.444 e. The van der Waals surface area contributed by atoms with Gasteiger partial charge in [0, 0.05) is 36.7 Å². The normalized spacial score (nSPS) is 18.8. The molecule has 1 atom stereocenters. The maximum Gasteiger partial charge on any atom is 0.410 e. The third-order valence-corrected chi connectivity index (χ3v) is 4.36. The van der Waals surface area contributed by atoms with Gasteiger partial charge in [0.2, 0.25) is 0 Å². The summed E-state index contributed by atoms with van der Waals surface area (Å²) in [6.45, 7) is 10.1. The first-order valence-electron chi connectivity index (χ1n) is 8.57. The molecule has 128 valence electrons. The van der Waals surface area contributed by atoms with Gasteiger partial charge in [-0.15, -0.1) is 0 Å². The lowest BCUT2D eigenvalue weighted by Crippen LogP contribution is -2.55. The fourth-order valence-electron chi connectivity index (χ4n) is 3.25. The Morgan fingerprint density at radius 1 is 1.08 bits per heavy atom. The molecular weight excluding hydrogens is 300 g/mol. The van der Waals surface area contributed by atoms with E-state index in [0.717, 1.165) is 13.1 Å². The predicted octanol–water partition coefficient (Wildman–Crippen LogP) is 4.29. The second-order valence-electron chi connectivity index (χ2n) is 7.47. The van der Waals surface area contributed by atoms with Crippen LogP contribution in [0.5, 0.6) is 0 Å². The van der Waals surface area contributed by atoms with Gasteiger partial charge in [0.15, 0.2) is 0 Å². The van der Waals surface area contributed by atoms with Gasteiger partial charge >= 0.3 is 6.09 Å². The van der Waals surface area contributed by atoms with E-state index in [-0.39, 0.29) is 12.1 Å². The molecule has 1 amide bonds. The van der Waals surface area contributed by atoms with E-state index in [1.54, 1.807) is 0 Å². The van der Waals surface area contributed by atoms with Gasteiger partial charge < -0.3 is 14.5 Å². The van der Waals surface area contributed by atoms with Crippen molar-refractivity contribution < 1.29 is 9.53 Å². The third kappa shape index (κ3) is 3.48. The Labute approximate surface area is 144 Å². The van der Waals surface area contributed by atoms with Gasteiger partial charge in [0.05, 0.1) is 0 Å². The molecule has 0 radical (unpaired) electrons. The van der Waals surface area contributed by atoms with Crippen LogP contribution in [0.4, 0.5) is 10.5 Å². The van der Waals surface area contributed by atoms with Crippen LogP contribution >= 0.6 is 0 Å². The van der Waals surface area contributed by atoms with Crippen LogP contribution in [0, 0.1) is 0 Å². The average molecular weight is 326 g/mol. The van der Waals surface area contributed by atoms with E-state index >= 15 is 0 Å². The number of piperazine rings is 1. The van der Waals surface area contributed by atoms with Crippen LogP contribution in [-0.4, -0.2) is 42.3 Å². The monoisotopic (exact) mass is 326 g/mol. The molecule has 1 unspecified atom stereocenters. The van der Waals surface area contributed by atoms with Crippen molar-refractivity contribution in [3.8, 4) is 0 Å². The fraction of sp³-hybridized carbons (Fsp3) is 0.450. The van der Waals surface area contributed by atoms with Crippen molar-refractivity contribution in [1.29, 1.82) is 0 Å². The van der Waals surface area contributed by atoms with Crippen molar-refractivity contribution >= 4 is 22.6 Å². The lowest BCUT2D eigenvalue weighted by Gasteiger charge is -2.41. The van der Waals surface area contributed by atoms with Crippen LogP contribution in [0.2, 0.25) is 0 Å². The molecule has 2 aromatic carbocycles. The van der Waals surface area contributed by atoms with E-state index in [2.05, 4.69) is 54.3 Å². The Bertz CT molecular complexity index is 730. The second-order valence-corrected chi connectivity index (χ2v) is 7.47. The van der Waals surface area contributed by atoms with Gasteiger partial charge in [-0.3, -0.25) is 0 Å². The molecule has 1 aliphatic heterocycles. The van der Waals surface area contributed by atoms with Crippen LogP contribution in [0.15, 0.2) is 42.5 Å². The molecule has 0 bridgehead atoms. The fourth-order valence-corrected chi connectivity index (χ4v) is 3.25. The summed E-state index contributed by atoms with van der Waals surface area (Å²) in [5.41, 5.74) is 0.785. The van der Waals surface area contributed by atoms with Gasteiger partial charge in [0.1, 0.15) is 5.60 Å². The first kappa shape index (κ1) is 16.6. The van der Waals surface area contributed by atoms with E-state index in [1.807, 2.05) is 25.7 Å². The zero-order valence-corrected chi connectivity index (χ0v) is 15.0. The van der Waals surface area contributed by atoms with E-state index in [9.17, 15) is 4.79 Å². The van der Waals surface area contributed by atoms with Crippen LogP contribution in [0.1, 0.15) is 27.7 Å². The molecule has 2 aromatic rings. The molecule has 0 saturated carbocycles. The average Bonchev–Trinajstić information content (AvgIpc) is 2.52. The topological polar surface area (TPSA) is 32.8 Å². The summed E-state index contributed by atoms with van der Waals surface area (Å²) in [5, 5.41) is 2.51. The van der Waals surface area contributed by atoms with E-state index in [0.29, 0.717) is 6.54 Å². The molecule has 1 fully saturated rings. The molecule has 1 heterocycles. The van der Waals surface area contributed by atoms with E-state index in [4.69, 9.17) is 4.74 Å². The molecule has 24 heavy (non-hydrogen) atoms. The summed E-state index contributed by atoms with van der Waals surface area (Å²) in [4.78, 5) is 16.6. The number of anilines is 1. The maximum absolute atomic E-state index is 12.4. The first-order chi connectivity index (χ1) is 11.3. The summed E-state index contributed by atoms with van der Waals surface area (Å²) < 4.78 is 5.53. The Balaban J connectivity index is 1.77. The minimum absolute atomic E-state index is 0.118. The summed E-state index contributed by atoms with van der Waals surface area (Å²) in [7, 11) is 0. The number of benzene rings is 2. The number of fused-ring (bicyclic) bond motifs is 1. The molecule has 1 saturated heterocycles. The SMILES string of the molecule is CC1CN(c2cccc3ccccc23)CCN1C(=O)OC(C)(C)C. The number of ether oxygens (including phenoxy) is 1. The summed E-state index contributed by atoms with van der Waals surface area (Å²) in [5.74, 6) is 0. The van der Waals surface area contributed by atoms with Gasteiger partial charge in [-0.25, -0.2) is 4.79 Å². The van der Waals surface area contributed by atoms with Crippen molar-refractivity contribution in [2.24, 2.45) is 0 Å². The zero-order valence-electron chi connectivity index (χ0n) is 15.0. The molecule has 0 spiro atoms. The number of carbonyl (C=O) groups is 1. The van der Waals surface area contributed by atoms with Gasteiger partial charge in [-0.2, -0.15) is 0 Å². The number of hydrogen-bond donors (Lipinski definition) is 0. The first-order valence-corrected chi connectivity index (χ1v) is 8.57. The van der Waals surface area contributed by atoms with E-state index in [1.165, 1.54) is 16.5 Å². The minimum Gasteiger partial charge on any atom is -0.444 e. The predicted molar refractivity (Wildman–Crippen MR) is 98.6 cm³/mol. The van der Waals surface area contributed by atoms with E-state index < -0.39 is 5.60 Å². The molecule has 0 N–H and O–H groups in total. The van der Waals surface area contributed by atoms with Gasteiger partial charge in [-0.1, -0.05) is 36.4 Å². The Kier molecular flexibility index (Phi) is 4.39. The number of amides is 1. The number of carbonyl (C=O) groups excluding carboxylic acids is 1. The standard InChI is InChI=1S/C20H26N2O2/c1-15-14-21(12-13-22(15)19(23)24-20(2,3)4)18-11-7-9-16-8-5-6-10-17(16)18/h5-11,15H,12-14H2,1-4H3. The highest BCUT2D eigenvalue weighted by molar-refractivity contribution is 5.94. The van der Waals surface area contributed by atoms with Crippen molar-refractivity contribution in [3.05, 3.63) is 42.5 Å². The lowest BCUT2D eigenvalue weighted by molar-refractivity contribution is 0.0159. The minimum atomic E-state index is -0.455. The van der Waals surface area contributed by atoms with Crippen LogP contribution in [0.3, 0.4) is 0 Å². The zero-order chi connectivity index (χ0) is 17.3. The summed E-state index contributed by atoms with van der Waals surface area (Å²) in [6, 6.07) is 15.0. The molecule has 0 aromatic heterocycles. The van der Waals surface area contributed by atoms with Crippen molar-refractivity contribution in [2.45, 2.75) is 39.3 Å². The van der Waals surface area contributed by atoms with Crippen LogP contribution in [0.25, 0.3) is 10.8 Å². The van der Waals surface area contributed by atoms with Crippen molar-refractivity contribution in [1.82, 2.24) is 4.90 Å². The smallest absolute Gasteiger partial charge is 0.410 e. The highest BCUT2D eigenvalue weighted by Gasteiger charge is 2.31. The molecule has 4 nitrogen and oxygen atoms in total. The maximum atomic E-state index is 12.4.